The van der Waals surface area contributed by atoms with Crippen molar-refractivity contribution in [2.45, 2.75) is 6.42 Å². The summed E-state index contributed by atoms with van der Waals surface area (Å²) in [5.41, 5.74) is 2.15. The van der Waals surface area contributed by atoms with Crippen LogP contribution in [-0.2, 0) is 6.42 Å². The highest BCUT2D eigenvalue weighted by molar-refractivity contribution is 6.06. The SMILES string of the molecule is O=C(c1ccn(-c2ccc([N+](=O)[O-])cc2)n1)N1CCc2cc([N+](=O)[O-])ccc21. The number of non-ortho nitro benzene ring substituents is 2. The monoisotopic (exact) mass is 379 g/mol. The number of carbonyl (C=O) groups excluding carboxylic acids is 1. The molecule has 0 aliphatic carbocycles. The van der Waals surface area contributed by atoms with E-state index < -0.39 is 9.85 Å². The molecule has 0 saturated carbocycles. The van der Waals surface area contributed by atoms with E-state index >= 15 is 0 Å². The highest BCUT2D eigenvalue weighted by atomic mass is 16.6. The number of amides is 1. The van der Waals surface area contributed by atoms with E-state index in [0.717, 1.165) is 5.56 Å². The molecule has 1 amide bonds. The first-order valence-electron chi connectivity index (χ1n) is 8.34. The van der Waals surface area contributed by atoms with E-state index in [1.165, 1.54) is 28.9 Å². The number of anilines is 1. The van der Waals surface area contributed by atoms with Crippen molar-refractivity contribution in [3.8, 4) is 5.69 Å². The van der Waals surface area contributed by atoms with Crippen molar-refractivity contribution in [1.82, 2.24) is 9.78 Å². The lowest BCUT2D eigenvalue weighted by Crippen LogP contribution is -2.29. The van der Waals surface area contributed by atoms with Gasteiger partial charge in [0.1, 0.15) is 0 Å². The van der Waals surface area contributed by atoms with E-state index in [-0.39, 0.29) is 23.0 Å². The standard InChI is InChI=1S/C18H13N5O5/c24-18(20-9-7-12-11-15(23(27)28)5-6-17(12)20)16-8-10-21(19-16)13-1-3-14(4-2-13)22(25)26/h1-6,8,10-11H,7,9H2. The predicted molar refractivity (Wildman–Crippen MR) is 98.7 cm³/mol. The molecule has 1 aromatic heterocycles. The highest BCUT2D eigenvalue weighted by Gasteiger charge is 2.28. The summed E-state index contributed by atoms with van der Waals surface area (Å²) in [7, 11) is 0. The molecule has 0 unspecified atom stereocenters. The summed E-state index contributed by atoms with van der Waals surface area (Å²) >= 11 is 0. The van der Waals surface area contributed by atoms with Crippen LogP contribution in [0.2, 0.25) is 0 Å². The van der Waals surface area contributed by atoms with Crippen LogP contribution >= 0.6 is 0 Å². The molecule has 0 radical (unpaired) electrons. The second kappa shape index (κ2) is 6.58. The summed E-state index contributed by atoms with van der Waals surface area (Å²) in [6.45, 7) is 0.416. The second-order valence-electron chi connectivity index (χ2n) is 6.20. The van der Waals surface area contributed by atoms with Crippen LogP contribution in [0.1, 0.15) is 16.1 Å². The van der Waals surface area contributed by atoms with Crippen LogP contribution < -0.4 is 4.90 Å². The van der Waals surface area contributed by atoms with Crippen molar-refractivity contribution < 1.29 is 14.6 Å². The van der Waals surface area contributed by atoms with Crippen molar-refractivity contribution >= 4 is 23.0 Å². The van der Waals surface area contributed by atoms with Crippen LogP contribution in [-0.4, -0.2) is 32.1 Å². The Morgan fingerprint density at radius 1 is 0.964 bits per heavy atom. The maximum absolute atomic E-state index is 12.8. The summed E-state index contributed by atoms with van der Waals surface area (Å²) in [5.74, 6) is -0.312. The minimum atomic E-state index is -0.489. The molecule has 10 heteroatoms. The molecular weight excluding hydrogens is 366 g/mol. The minimum Gasteiger partial charge on any atom is -0.306 e. The summed E-state index contributed by atoms with van der Waals surface area (Å²) in [6.07, 6.45) is 2.13. The van der Waals surface area contributed by atoms with Gasteiger partial charge in [-0.05, 0) is 36.2 Å². The van der Waals surface area contributed by atoms with Gasteiger partial charge >= 0.3 is 0 Å². The van der Waals surface area contributed by atoms with E-state index in [0.29, 0.717) is 24.3 Å². The van der Waals surface area contributed by atoms with Crippen LogP contribution in [0.4, 0.5) is 17.1 Å². The number of rotatable bonds is 4. The number of aromatic nitrogens is 2. The zero-order valence-corrected chi connectivity index (χ0v) is 14.4. The topological polar surface area (TPSA) is 124 Å². The largest absolute Gasteiger partial charge is 0.306 e. The van der Waals surface area contributed by atoms with Gasteiger partial charge in [-0.1, -0.05) is 0 Å². The fourth-order valence-corrected chi connectivity index (χ4v) is 3.16. The molecule has 0 N–H and O–H groups in total. The van der Waals surface area contributed by atoms with Crippen molar-refractivity contribution in [2.24, 2.45) is 0 Å². The molecule has 0 saturated heterocycles. The molecular formula is C18H13N5O5. The number of nitrogens with zero attached hydrogens (tertiary/aromatic N) is 5. The van der Waals surface area contributed by atoms with E-state index in [1.54, 1.807) is 35.4 Å². The number of benzene rings is 2. The summed E-state index contributed by atoms with van der Waals surface area (Å²) in [6, 6.07) is 11.8. The molecule has 1 aliphatic rings. The van der Waals surface area contributed by atoms with Gasteiger partial charge in [-0.2, -0.15) is 5.10 Å². The van der Waals surface area contributed by atoms with Crippen LogP contribution in [0.5, 0.6) is 0 Å². The van der Waals surface area contributed by atoms with Gasteiger partial charge in [-0.3, -0.25) is 25.0 Å². The van der Waals surface area contributed by atoms with Gasteiger partial charge < -0.3 is 4.90 Å². The lowest BCUT2D eigenvalue weighted by molar-refractivity contribution is -0.385. The van der Waals surface area contributed by atoms with E-state index in [2.05, 4.69) is 5.10 Å². The van der Waals surface area contributed by atoms with Crippen LogP contribution in [0, 0.1) is 20.2 Å². The molecule has 3 aromatic rings. The third-order valence-electron chi connectivity index (χ3n) is 4.55. The zero-order valence-electron chi connectivity index (χ0n) is 14.4. The third-order valence-corrected chi connectivity index (χ3v) is 4.55. The lowest BCUT2D eigenvalue weighted by Gasteiger charge is -2.15. The van der Waals surface area contributed by atoms with Crippen LogP contribution in [0.15, 0.2) is 54.7 Å². The molecule has 28 heavy (non-hydrogen) atoms. The van der Waals surface area contributed by atoms with Gasteiger partial charge in [0, 0.05) is 42.7 Å². The Kier molecular flexibility index (Phi) is 4.07. The zero-order chi connectivity index (χ0) is 19.8. The summed E-state index contributed by atoms with van der Waals surface area (Å²) in [5, 5.41) is 25.9. The van der Waals surface area contributed by atoms with Crippen molar-refractivity contribution in [3.63, 3.8) is 0 Å². The van der Waals surface area contributed by atoms with Gasteiger partial charge in [0.05, 0.1) is 15.5 Å². The molecule has 2 heterocycles. The first-order valence-corrected chi connectivity index (χ1v) is 8.34. The Labute approximate surface area is 157 Å². The molecule has 0 spiro atoms. The fraction of sp³-hybridized carbons (Fsp3) is 0.111. The first-order chi connectivity index (χ1) is 13.4. The summed E-state index contributed by atoms with van der Waals surface area (Å²) in [4.78, 5) is 35.1. The predicted octanol–water partition coefficient (Wildman–Crippen LogP) is 2.89. The number of fused-ring (bicyclic) bond motifs is 1. The average Bonchev–Trinajstić information content (AvgIpc) is 3.34. The lowest BCUT2D eigenvalue weighted by atomic mass is 10.1. The fourth-order valence-electron chi connectivity index (χ4n) is 3.16. The minimum absolute atomic E-state index is 0.00417. The Bertz CT molecular complexity index is 1110. The van der Waals surface area contributed by atoms with Crippen LogP contribution in [0.25, 0.3) is 5.69 Å². The van der Waals surface area contributed by atoms with Gasteiger partial charge in [0.15, 0.2) is 5.69 Å². The first kappa shape index (κ1) is 17.3. The van der Waals surface area contributed by atoms with Crippen molar-refractivity contribution in [2.75, 3.05) is 11.4 Å². The van der Waals surface area contributed by atoms with E-state index in [9.17, 15) is 25.0 Å². The van der Waals surface area contributed by atoms with E-state index in [1.807, 2.05) is 0 Å². The molecule has 4 rings (SSSR count). The quantitative estimate of drug-likeness (QED) is 0.507. The summed E-state index contributed by atoms with van der Waals surface area (Å²) < 4.78 is 1.46. The molecule has 140 valence electrons. The number of hydrogen-bond acceptors (Lipinski definition) is 6. The molecule has 0 atom stereocenters. The molecule has 10 nitrogen and oxygen atoms in total. The van der Waals surface area contributed by atoms with Crippen molar-refractivity contribution in [3.05, 3.63) is 86.2 Å². The molecule has 2 aromatic carbocycles. The number of hydrogen-bond donors (Lipinski definition) is 0. The van der Waals surface area contributed by atoms with Gasteiger partial charge in [-0.25, -0.2) is 4.68 Å². The van der Waals surface area contributed by atoms with Gasteiger partial charge in [0.2, 0.25) is 0 Å². The van der Waals surface area contributed by atoms with E-state index in [4.69, 9.17) is 0 Å². The normalized spacial score (nSPS) is 12.6. The Balaban J connectivity index is 1.58. The number of nitro groups is 2. The smallest absolute Gasteiger partial charge is 0.278 e. The Hall–Kier alpha value is -4.08. The number of nitro benzene ring substituents is 2. The second-order valence-corrected chi connectivity index (χ2v) is 6.20. The number of carbonyl (C=O) groups is 1. The van der Waals surface area contributed by atoms with Crippen LogP contribution in [0.3, 0.4) is 0 Å². The van der Waals surface area contributed by atoms with Crippen molar-refractivity contribution in [1.29, 1.82) is 0 Å². The highest BCUT2D eigenvalue weighted by Crippen LogP contribution is 2.32. The third kappa shape index (κ3) is 2.96. The van der Waals surface area contributed by atoms with Gasteiger partial charge in [-0.15, -0.1) is 0 Å². The van der Waals surface area contributed by atoms with Gasteiger partial charge in [0.25, 0.3) is 17.3 Å². The molecule has 0 bridgehead atoms. The molecule has 0 fully saturated rings. The Morgan fingerprint density at radius 2 is 1.64 bits per heavy atom. The average molecular weight is 379 g/mol. The molecule has 1 aliphatic heterocycles. The maximum Gasteiger partial charge on any atom is 0.278 e. The Morgan fingerprint density at radius 3 is 2.32 bits per heavy atom. The maximum atomic E-state index is 12.8.